The number of halogens is 5. The molecule has 3 aromatic rings. The van der Waals surface area contributed by atoms with E-state index in [0.29, 0.717) is 11.3 Å². The number of nitrogens with one attached hydrogen (secondary N) is 1. The highest BCUT2D eigenvalue weighted by Gasteiger charge is 2.27. The quantitative estimate of drug-likeness (QED) is 0.337. The number of carbonyl (C=O) groups is 1. The topological polar surface area (TPSA) is 38.3 Å². The molecule has 0 aliphatic heterocycles. The highest BCUT2D eigenvalue weighted by atomic mass is 32.1. The van der Waals surface area contributed by atoms with Gasteiger partial charge in [-0.2, -0.15) is 0 Å². The van der Waals surface area contributed by atoms with Gasteiger partial charge in [0, 0.05) is 5.56 Å². The smallest absolute Gasteiger partial charge is 0.265 e. The molecular weight excluding hydrogens is 401 g/mol. The molecule has 146 valence electrons. The summed E-state index contributed by atoms with van der Waals surface area (Å²) >= 11 is 0.939. The van der Waals surface area contributed by atoms with E-state index in [1.807, 2.05) is 19.1 Å². The lowest BCUT2D eigenvalue weighted by Crippen LogP contribution is -2.16. The SMILES string of the molecule is Cc1ccc(OCc2csc(C(=O)Nc3c(F)c(F)c(F)c(F)c3F)c2)cc1. The summed E-state index contributed by atoms with van der Waals surface area (Å²) in [4.78, 5) is 12.2. The van der Waals surface area contributed by atoms with Gasteiger partial charge in [0.05, 0.1) is 4.88 Å². The molecule has 1 heterocycles. The van der Waals surface area contributed by atoms with Gasteiger partial charge in [-0.1, -0.05) is 17.7 Å². The molecule has 0 radical (unpaired) electrons. The third-order valence-corrected chi connectivity index (χ3v) is 4.73. The molecule has 28 heavy (non-hydrogen) atoms. The zero-order valence-corrected chi connectivity index (χ0v) is 15.1. The molecule has 0 atom stereocenters. The summed E-state index contributed by atoms with van der Waals surface area (Å²) in [7, 11) is 0. The van der Waals surface area contributed by atoms with Crippen molar-refractivity contribution in [1.82, 2.24) is 0 Å². The molecule has 0 fully saturated rings. The molecule has 9 heteroatoms. The first kappa shape index (κ1) is 19.8. The largest absolute Gasteiger partial charge is 0.489 e. The second-order valence-electron chi connectivity index (χ2n) is 5.82. The van der Waals surface area contributed by atoms with Crippen molar-refractivity contribution in [3.05, 3.63) is 80.8 Å². The van der Waals surface area contributed by atoms with E-state index in [9.17, 15) is 26.7 Å². The fraction of sp³-hybridized carbons (Fsp3) is 0.105. The average Bonchev–Trinajstić information content (AvgIpc) is 3.17. The molecule has 1 amide bonds. The van der Waals surface area contributed by atoms with E-state index in [2.05, 4.69) is 0 Å². The molecule has 3 nitrogen and oxygen atoms in total. The predicted molar refractivity (Wildman–Crippen MR) is 94.0 cm³/mol. The van der Waals surface area contributed by atoms with Crippen LogP contribution >= 0.6 is 11.3 Å². The van der Waals surface area contributed by atoms with Crippen molar-refractivity contribution in [2.24, 2.45) is 0 Å². The summed E-state index contributed by atoms with van der Waals surface area (Å²) in [6, 6.07) is 8.69. The predicted octanol–water partition coefficient (Wildman–Crippen LogP) is 5.58. The average molecular weight is 413 g/mol. The number of rotatable bonds is 5. The molecular formula is C19H12F5NO2S. The van der Waals surface area contributed by atoms with Gasteiger partial charge in [0.15, 0.2) is 23.3 Å². The first-order valence-corrected chi connectivity index (χ1v) is 8.75. The van der Waals surface area contributed by atoms with E-state index in [4.69, 9.17) is 4.74 Å². The van der Waals surface area contributed by atoms with E-state index in [1.165, 1.54) is 6.07 Å². The van der Waals surface area contributed by atoms with E-state index in [0.717, 1.165) is 16.9 Å². The Labute approximate surface area is 160 Å². The standard InChI is InChI=1S/C19H12F5NO2S/c1-9-2-4-11(5-3-9)27-7-10-6-12(28-8-10)19(26)25-18-16(23)14(21)13(20)15(22)17(18)24/h2-6,8H,7H2,1H3,(H,25,26). The van der Waals surface area contributed by atoms with Crippen LogP contribution in [0.15, 0.2) is 35.7 Å². The number of aryl methyl sites for hydroxylation is 1. The van der Waals surface area contributed by atoms with Crippen molar-refractivity contribution in [1.29, 1.82) is 0 Å². The van der Waals surface area contributed by atoms with Crippen LogP contribution in [0.1, 0.15) is 20.8 Å². The molecule has 1 aromatic heterocycles. The molecule has 0 aliphatic carbocycles. The fourth-order valence-electron chi connectivity index (χ4n) is 2.26. The highest BCUT2D eigenvalue weighted by Crippen LogP contribution is 2.28. The number of anilines is 1. The summed E-state index contributed by atoms with van der Waals surface area (Å²) in [6.07, 6.45) is 0. The van der Waals surface area contributed by atoms with Gasteiger partial charge in [-0.15, -0.1) is 11.3 Å². The Kier molecular flexibility index (Phi) is 5.64. The Hall–Kier alpha value is -2.94. The lowest BCUT2D eigenvalue weighted by Gasteiger charge is -2.09. The zero-order valence-electron chi connectivity index (χ0n) is 14.3. The molecule has 0 spiro atoms. The van der Waals surface area contributed by atoms with E-state index in [1.54, 1.807) is 22.8 Å². The Bertz CT molecular complexity index is 1000. The van der Waals surface area contributed by atoms with Crippen molar-refractivity contribution in [2.75, 3.05) is 5.32 Å². The lowest BCUT2D eigenvalue weighted by molar-refractivity contribution is 0.102. The number of hydrogen-bond donors (Lipinski definition) is 1. The van der Waals surface area contributed by atoms with Crippen LogP contribution in [0.4, 0.5) is 27.6 Å². The first-order chi connectivity index (χ1) is 13.3. The highest BCUT2D eigenvalue weighted by molar-refractivity contribution is 7.12. The van der Waals surface area contributed by atoms with Gasteiger partial charge in [-0.3, -0.25) is 4.79 Å². The molecule has 0 saturated carbocycles. The van der Waals surface area contributed by atoms with Gasteiger partial charge >= 0.3 is 0 Å². The molecule has 2 aromatic carbocycles. The number of carbonyl (C=O) groups excluding carboxylic acids is 1. The van der Waals surface area contributed by atoms with Gasteiger partial charge in [-0.05, 0) is 30.5 Å². The Morgan fingerprint density at radius 1 is 0.964 bits per heavy atom. The van der Waals surface area contributed by atoms with Crippen LogP contribution < -0.4 is 10.1 Å². The number of hydrogen-bond acceptors (Lipinski definition) is 3. The van der Waals surface area contributed by atoms with E-state index in [-0.39, 0.29) is 11.5 Å². The summed E-state index contributed by atoms with van der Waals surface area (Å²) < 4.78 is 72.4. The number of benzene rings is 2. The van der Waals surface area contributed by atoms with Crippen LogP contribution in [0.3, 0.4) is 0 Å². The maximum atomic E-state index is 13.7. The maximum Gasteiger partial charge on any atom is 0.265 e. The van der Waals surface area contributed by atoms with Crippen LogP contribution in [-0.4, -0.2) is 5.91 Å². The van der Waals surface area contributed by atoms with Crippen molar-refractivity contribution >= 4 is 22.9 Å². The summed E-state index contributed by atoms with van der Waals surface area (Å²) in [5.74, 6) is -11.2. The molecule has 1 N–H and O–H groups in total. The summed E-state index contributed by atoms with van der Waals surface area (Å²) in [5.41, 5.74) is 0.273. The molecule has 0 saturated heterocycles. The third kappa shape index (κ3) is 3.99. The normalized spacial score (nSPS) is 10.8. The van der Waals surface area contributed by atoms with Gasteiger partial charge in [0.25, 0.3) is 5.91 Å². The van der Waals surface area contributed by atoms with Crippen LogP contribution in [0.2, 0.25) is 0 Å². The first-order valence-electron chi connectivity index (χ1n) is 7.87. The summed E-state index contributed by atoms with van der Waals surface area (Å²) in [5, 5.41) is 3.32. The van der Waals surface area contributed by atoms with Gasteiger partial charge in [-0.25, -0.2) is 22.0 Å². The zero-order chi connectivity index (χ0) is 20.4. The second kappa shape index (κ2) is 7.97. The molecule has 0 unspecified atom stereocenters. The van der Waals surface area contributed by atoms with Crippen molar-refractivity contribution in [3.8, 4) is 5.75 Å². The van der Waals surface area contributed by atoms with Crippen LogP contribution in [0.25, 0.3) is 0 Å². The number of ether oxygens (including phenoxy) is 1. The summed E-state index contributed by atoms with van der Waals surface area (Å²) in [6.45, 7) is 2.06. The Balaban J connectivity index is 1.72. The lowest BCUT2D eigenvalue weighted by atomic mass is 10.2. The van der Waals surface area contributed by atoms with Crippen LogP contribution in [0, 0.1) is 36.0 Å². The van der Waals surface area contributed by atoms with Crippen LogP contribution in [-0.2, 0) is 6.61 Å². The molecule has 0 bridgehead atoms. The Morgan fingerprint density at radius 2 is 1.54 bits per heavy atom. The second-order valence-corrected chi connectivity index (χ2v) is 6.73. The number of amides is 1. The van der Waals surface area contributed by atoms with Gasteiger partial charge in [0.2, 0.25) is 5.82 Å². The van der Waals surface area contributed by atoms with Crippen molar-refractivity contribution in [3.63, 3.8) is 0 Å². The molecule has 3 rings (SSSR count). The van der Waals surface area contributed by atoms with Gasteiger partial charge in [0.1, 0.15) is 18.0 Å². The van der Waals surface area contributed by atoms with E-state index >= 15 is 0 Å². The minimum Gasteiger partial charge on any atom is -0.489 e. The third-order valence-electron chi connectivity index (χ3n) is 3.75. The fourth-order valence-corrected chi connectivity index (χ4v) is 3.05. The maximum absolute atomic E-state index is 13.7. The van der Waals surface area contributed by atoms with Crippen LogP contribution in [0.5, 0.6) is 5.75 Å². The van der Waals surface area contributed by atoms with E-state index < -0.39 is 40.7 Å². The number of thiophene rings is 1. The molecule has 0 aliphatic rings. The minimum absolute atomic E-state index is 0.0199. The van der Waals surface area contributed by atoms with Gasteiger partial charge < -0.3 is 10.1 Å². The minimum atomic E-state index is -2.29. The Morgan fingerprint density at radius 3 is 2.14 bits per heavy atom. The monoisotopic (exact) mass is 413 g/mol. The van der Waals surface area contributed by atoms with Crippen molar-refractivity contribution in [2.45, 2.75) is 13.5 Å². The van der Waals surface area contributed by atoms with Crippen molar-refractivity contribution < 1.29 is 31.5 Å².